The zero-order valence-electron chi connectivity index (χ0n) is 10.9. The number of hydrogen-bond acceptors (Lipinski definition) is 4. The molecule has 16 heavy (non-hydrogen) atoms. The minimum Gasteiger partial charge on any atom is -0.376 e. The van der Waals surface area contributed by atoms with Gasteiger partial charge in [0.1, 0.15) is 6.23 Å². The maximum Gasteiger partial charge on any atom is 0.125 e. The minimum atomic E-state index is -0.404. The lowest BCUT2D eigenvalue weighted by molar-refractivity contribution is -0.0517. The van der Waals surface area contributed by atoms with Gasteiger partial charge in [-0.05, 0) is 20.3 Å². The molecule has 0 amide bonds. The molecule has 1 aliphatic rings. The Morgan fingerprint density at radius 3 is 2.75 bits per heavy atom. The fourth-order valence-corrected chi connectivity index (χ4v) is 2.09. The molecule has 1 unspecified atom stereocenters. The van der Waals surface area contributed by atoms with Crippen molar-refractivity contribution in [3.63, 3.8) is 0 Å². The highest BCUT2D eigenvalue weighted by molar-refractivity contribution is 4.87. The summed E-state index contributed by atoms with van der Waals surface area (Å²) in [7, 11) is 0. The van der Waals surface area contributed by atoms with E-state index in [2.05, 4.69) is 36.3 Å². The molecule has 0 aromatic rings. The summed E-state index contributed by atoms with van der Waals surface area (Å²) in [6.45, 7) is 11.1. The number of aliphatic hydroxyl groups excluding tert-OH is 1. The van der Waals surface area contributed by atoms with Crippen LogP contribution in [0.15, 0.2) is 0 Å². The van der Waals surface area contributed by atoms with Gasteiger partial charge in [0.05, 0.1) is 5.54 Å². The smallest absolute Gasteiger partial charge is 0.125 e. The fourth-order valence-electron chi connectivity index (χ4n) is 2.09. The highest BCUT2D eigenvalue weighted by Gasteiger charge is 2.32. The number of hydrogen-bond donors (Lipinski definition) is 3. The molecule has 0 aromatic carbocycles. The van der Waals surface area contributed by atoms with Gasteiger partial charge in [0.25, 0.3) is 0 Å². The maximum atomic E-state index is 10.4. The van der Waals surface area contributed by atoms with Crippen LogP contribution >= 0.6 is 0 Å². The van der Waals surface area contributed by atoms with Gasteiger partial charge >= 0.3 is 0 Å². The van der Waals surface area contributed by atoms with Crippen molar-refractivity contribution in [3.8, 4) is 0 Å². The number of nitrogens with one attached hydrogen (secondary N) is 2. The van der Waals surface area contributed by atoms with Crippen LogP contribution in [0.5, 0.6) is 0 Å². The molecule has 0 bridgehead atoms. The van der Waals surface area contributed by atoms with Crippen LogP contribution in [0.3, 0.4) is 0 Å². The molecule has 1 fully saturated rings. The average molecular weight is 229 g/mol. The number of rotatable bonds is 3. The highest BCUT2D eigenvalue weighted by atomic mass is 16.3. The second-order valence-electron chi connectivity index (χ2n) is 5.16. The van der Waals surface area contributed by atoms with Crippen molar-refractivity contribution in [2.45, 2.75) is 45.4 Å². The predicted octanol–water partition coefficient (Wildman–Crippen LogP) is 0.378. The van der Waals surface area contributed by atoms with Gasteiger partial charge in [0.15, 0.2) is 0 Å². The molecule has 1 heterocycles. The van der Waals surface area contributed by atoms with Crippen molar-refractivity contribution in [2.24, 2.45) is 0 Å². The Morgan fingerprint density at radius 2 is 2.06 bits per heavy atom. The standard InChI is InChI=1S/C12H27N3O/c1-4-5-9-15-10-8-13-6-7-14-12(2,3)11(15)16/h11,13-14,16H,4-10H2,1-3H3. The molecule has 0 radical (unpaired) electrons. The average Bonchev–Trinajstić information content (AvgIpc) is 2.30. The first kappa shape index (κ1) is 13.9. The third-order valence-electron chi connectivity index (χ3n) is 3.25. The summed E-state index contributed by atoms with van der Waals surface area (Å²) < 4.78 is 0. The van der Waals surface area contributed by atoms with E-state index in [9.17, 15) is 5.11 Å². The molecule has 3 N–H and O–H groups in total. The Bertz CT molecular complexity index is 197. The van der Waals surface area contributed by atoms with Crippen LogP contribution in [0.2, 0.25) is 0 Å². The molecular formula is C12H27N3O. The second-order valence-corrected chi connectivity index (χ2v) is 5.16. The van der Waals surface area contributed by atoms with Crippen LogP contribution in [0, 0.1) is 0 Å². The van der Waals surface area contributed by atoms with Gasteiger partial charge in [-0.2, -0.15) is 0 Å². The van der Waals surface area contributed by atoms with Gasteiger partial charge < -0.3 is 15.7 Å². The highest BCUT2D eigenvalue weighted by Crippen LogP contribution is 2.14. The van der Waals surface area contributed by atoms with Crippen LogP contribution in [0.4, 0.5) is 0 Å². The lowest BCUT2D eigenvalue weighted by atomic mass is 10.0. The predicted molar refractivity (Wildman–Crippen MR) is 67.4 cm³/mol. The lowest BCUT2D eigenvalue weighted by Gasteiger charge is -2.38. The zero-order valence-corrected chi connectivity index (χ0v) is 10.9. The Balaban J connectivity index is 2.61. The first-order valence-electron chi connectivity index (χ1n) is 6.46. The maximum absolute atomic E-state index is 10.4. The van der Waals surface area contributed by atoms with Crippen molar-refractivity contribution in [1.82, 2.24) is 15.5 Å². The van der Waals surface area contributed by atoms with Crippen LogP contribution in [-0.4, -0.2) is 54.5 Å². The van der Waals surface area contributed by atoms with Crippen LogP contribution < -0.4 is 10.6 Å². The van der Waals surface area contributed by atoms with E-state index in [4.69, 9.17) is 0 Å². The second kappa shape index (κ2) is 6.55. The molecule has 0 aliphatic carbocycles. The van der Waals surface area contributed by atoms with Crippen molar-refractivity contribution in [3.05, 3.63) is 0 Å². The Labute approximate surface area is 99.4 Å². The molecular weight excluding hydrogens is 202 g/mol. The van der Waals surface area contributed by atoms with E-state index in [1.54, 1.807) is 0 Å². The van der Waals surface area contributed by atoms with E-state index in [0.717, 1.165) is 39.1 Å². The van der Waals surface area contributed by atoms with Crippen molar-refractivity contribution in [1.29, 1.82) is 0 Å². The third-order valence-corrected chi connectivity index (χ3v) is 3.25. The Hall–Kier alpha value is -0.160. The van der Waals surface area contributed by atoms with Crippen molar-refractivity contribution in [2.75, 3.05) is 32.7 Å². The topological polar surface area (TPSA) is 47.5 Å². The largest absolute Gasteiger partial charge is 0.376 e. The monoisotopic (exact) mass is 229 g/mol. The summed E-state index contributed by atoms with van der Waals surface area (Å²) in [5, 5.41) is 17.2. The van der Waals surface area contributed by atoms with Crippen molar-refractivity contribution < 1.29 is 5.11 Å². The zero-order chi connectivity index (χ0) is 12.0. The molecule has 1 saturated heterocycles. The first-order chi connectivity index (χ1) is 7.58. The van der Waals surface area contributed by atoms with E-state index < -0.39 is 6.23 Å². The number of aliphatic hydroxyl groups is 1. The van der Waals surface area contributed by atoms with E-state index in [-0.39, 0.29) is 5.54 Å². The summed E-state index contributed by atoms with van der Waals surface area (Å²) >= 11 is 0. The molecule has 0 saturated carbocycles. The summed E-state index contributed by atoms with van der Waals surface area (Å²) in [5.74, 6) is 0. The first-order valence-corrected chi connectivity index (χ1v) is 6.46. The molecule has 4 heteroatoms. The van der Waals surface area contributed by atoms with Crippen LogP contribution in [-0.2, 0) is 0 Å². The van der Waals surface area contributed by atoms with Gasteiger partial charge in [-0.25, -0.2) is 0 Å². The summed E-state index contributed by atoms with van der Waals surface area (Å²) in [5.41, 5.74) is -0.236. The lowest BCUT2D eigenvalue weighted by Crippen LogP contribution is -2.57. The third kappa shape index (κ3) is 4.01. The Morgan fingerprint density at radius 1 is 1.31 bits per heavy atom. The number of unbranched alkanes of at least 4 members (excludes halogenated alkanes) is 1. The number of nitrogens with zero attached hydrogens (tertiary/aromatic N) is 1. The van der Waals surface area contributed by atoms with E-state index in [1.165, 1.54) is 6.42 Å². The fraction of sp³-hybridized carbons (Fsp3) is 1.00. The summed E-state index contributed by atoms with van der Waals surface area (Å²) in [6.07, 6.45) is 1.91. The van der Waals surface area contributed by atoms with Crippen LogP contribution in [0.25, 0.3) is 0 Å². The summed E-state index contributed by atoms with van der Waals surface area (Å²) in [4.78, 5) is 2.18. The summed E-state index contributed by atoms with van der Waals surface area (Å²) in [6, 6.07) is 0. The van der Waals surface area contributed by atoms with Gasteiger partial charge in [-0.1, -0.05) is 13.3 Å². The molecule has 1 rings (SSSR count). The van der Waals surface area contributed by atoms with E-state index in [0.29, 0.717) is 0 Å². The SMILES string of the molecule is CCCCN1CCNCCNC(C)(C)C1O. The molecule has 0 aromatic heterocycles. The van der Waals surface area contributed by atoms with Gasteiger partial charge in [0.2, 0.25) is 0 Å². The van der Waals surface area contributed by atoms with Gasteiger partial charge in [-0.15, -0.1) is 0 Å². The van der Waals surface area contributed by atoms with E-state index >= 15 is 0 Å². The van der Waals surface area contributed by atoms with Gasteiger partial charge in [0, 0.05) is 32.7 Å². The molecule has 0 spiro atoms. The normalized spacial score (nSPS) is 28.1. The quantitative estimate of drug-likeness (QED) is 0.655. The van der Waals surface area contributed by atoms with Gasteiger partial charge in [-0.3, -0.25) is 4.90 Å². The van der Waals surface area contributed by atoms with E-state index in [1.807, 2.05) is 0 Å². The molecule has 96 valence electrons. The van der Waals surface area contributed by atoms with Crippen LogP contribution in [0.1, 0.15) is 33.6 Å². The Kier molecular flexibility index (Phi) is 5.69. The minimum absolute atomic E-state index is 0.236. The molecule has 1 atom stereocenters. The molecule has 4 nitrogen and oxygen atoms in total. The van der Waals surface area contributed by atoms with Crippen molar-refractivity contribution >= 4 is 0 Å². The molecule has 1 aliphatic heterocycles.